The molecule has 3 aromatic heterocycles. The lowest BCUT2D eigenvalue weighted by Crippen LogP contribution is -2.52. The smallest absolute Gasteiger partial charge is 0.319 e. The summed E-state index contributed by atoms with van der Waals surface area (Å²) in [5, 5.41) is 3.69. The average molecular weight is 639 g/mol. The second-order valence-corrected chi connectivity index (χ2v) is 14.1. The molecule has 0 radical (unpaired) electrons. The van der Waals surface area contributed by atoms with Gasteiger partial charge in [-0.2, -0.15) is 9.97 Å². The first-order valence-electron chi connectivity index (χ1n) is 15.7. The number of benzene rings is 1. The fourth-order valence-electron chi connectivity index (χ4n) is 8.24. The number of fused-ring (bicyclic) bond motifs is 5. The van der Waals surface area contributed by atoms with Crippen molar-refractivity contribution in [2.75, 3.05) is 56.6 Å². The van der Waals surface area contributed by atoms with Gasteiger partial charge in [-0.15, -0.1) is 0 Å². The molecule has 8 heterocycles. The fraction of sp³-hybridized carbons (Fsp3) is 0.548. The molecule has 5 saturated heterocycles. The van der Waals surface area contributed by atoms with Gasteiger partial charge < -0.3 is 25.4 Å². The molecule has 2 unspecified atom stereocenters. The van der Waals surface area contributed by atoms with Crippen LogP contribution >= 0.6 is 11.3 Å². The summed E-state index contributed by atoms with van der Waals surface area (Å²) in [5.41, 5.74) is 7.38. The van der Waals surface area contributed by atoms with Crippen molar-refractivity contribution < 1.29 is 22.6 Å². The Labute approximate surface area is 261 Å². The number of piperazine rings is 1. The number of nitrogen functional groups attached to an aromatic ring is 1. The number of nitrogens with zero attached hydrogens (tertiary/aromatic N) is 6. The van der Waals surface area contributed by atoms with Crippen LogP contribution in [0.3, 0.4) is 0 Å². The lowest BCUT2D eigenvalue weighted by atomic mass is 9.92. The van der Waals surface area contributed by atoms with Gasteiger partial charge in [-0.25, -0.2) is 23.1 Å². The number of alkyl halides is 1. The Morgan fingerprint density at radius 1 is 1.07 bits per heavy atom. The number of aromatic nitrogens is 4. The normalized spacial score (nSPS) is 28.3. The zero-order valence-electron chi connectivity index (χ0n) is 24.6. The summed E-state index contributed by atoms with van der Waals surface area (Å²) in [6.45, 7) is 3.81. The highest BCUT2D eigenvalue weighted by molar-refractivity contribution is 7.22. The summed E-state index contributed by atoms with van der Waals surface area (Å²) in [7, 11) is 0. The van der Waals surface area contributed by atoms with E-state index < -0.39 is 23.3 Å². The van der Waals surface area contributed by atoms with Crippen molar-refractivity contribution in [1.29, 1.82) is 0 Å². The van der Waals surface area contributed by atoms with E-state index >= 15 is 4.39 Å². The number of pyridine rings is 1. The Balaban J connectivity index is 1.24. The Kier molecular flexibility index (Phi) is 6.42. The van der Waals surface area contributed by atoms with Gasteiger partial charge in [-0.05, 0) is 44.4 Å². The van der Waals surface area contributed by atoms with Crippen molar-refractivity contribution in [3.8, 4) is 17.1 Å². The third-order valence-electron chi connectivity index (χ3n) is 10.4. The fourth-order valence-corrected chi connectivity index (χ4v) is 9.01. The standard InChI is InChI=1S/C31H33F3N8O2S/c32-16-8-31(6-1-7-41(31)11-16)14-44-30-39-25-22(34)21(19-4-5-20(33)27-24(19)38-29(35)45-27)23(15-12-43-13-15)37-26(25)28(40-30)42-17-2-3-18(42)10-36-9-17/h4-5,15-18,36H,1-3,6-14H2,(H2,35,38)/t16-,17?,18?,31+/m1/s1. The maximum absolute atomic E-state index is 17.2. The molecule has 3 N–H and O–H groups in total. The summed E-state index contributed by atoms with van der Waals surface area (Å²) in [4.78, 5) is 23.5. The summed E-state index contributed by atoms with van der Waals surface area (Å²) < 4.78 is 58.7. The SMILES string of the molecule is Nc1nc2c(-c3c(C4COC4)nc4c(N5C6CCC5CNC6)nc(OC[C@@]56CCCN5C[C@H](F)C6)nc4c3F)ccc(F)c2s1. The molecule has 10 nitrogen and oxygen atoms in total. The number of anilines is 2. The van der Waals surface area contributed by atoms with E-state index in [0.717, 1.165) is 56.7 Å². The van der Waals surface area contributed by atoms with Crippen LogP contribution < -0.4 is 20.7 Å². The lowest BCUT2D eigenvalue weighted by molar-refractivity contribution is 0.00698. The summed E-state index contributed by atoms with van der Waals surface area (Å²) in [6.07, 6.45) is 3.28. The van der Waals surface area contributed by atoms with Crippen molar-refractivity contribution in [3.05, 3.63) is 29.5 Å². The summed E-state index contributed by atoms with van der Waals surface area (Å²) in [5.74, 6) is -0.679. The highest BCUT2D eigenvalue weighted by Crippen LogP contribution is 2.45. The van der Waals surface area contributed by atoms with Gasteiger partial charge in [0.1, 0.15) is 29.6 Å². The van der Waals surface area contributed by atoms with Crippen LogP contribution in [0.4, 0.5) is 24.1 Å². The molecule has 4 aromatic rings. The van der Waals surface area contributed by atoms with E-state index in [1.807, 2.05) is 0 Å². The Morgan fingerprint density at radius 3 is 2.67 bits per heavy atom. The Hall–Kier alpha value is -3.33. The minimum absolute atomic E-state index is 0.0307. The highest BCUT2D eigenvalue weighted by atomic mass is 32.1. The van der Waals surface area contributed by atoms with E-state index in [2.05, 4.69) is 25.1 Å². The van der Waals surface area contributed by atoms with E-state index in [4.69, 9.17) is 25.2 Å². The molecular formula is C31H33F3N8O2S. The molecule has 5 aliphatic heterocycles. The molecule has 9 rings (SSSR count). The van der Waals surface area contributed by atoms with Crippen LogP contribution in [-0.2, 0) is 4.74 Å². The molecule has 0 aliphatic carbocycles. The zero-order chi connectivity index (χ0) is 30.4. The predicted octanol–water partition coefficient (Wildman–Crippen LogP) is 4.17. The molecule has 236 valence electrons. The van der Waals surface area contributed by atoms with Crippen molar-refractivity contribution in [2.24, 2.45) is 0 Å². The molecule has 5 fully saturated rings. The van der Waals surface area contributed by atoms with Crippen LogP contribution in [0.1, 0.15) is 43.7 Å². The number of rotatable bonds is 6. The topological polar surface area (TPSA) is 115 Å². The third-order valence-corrected chi connectivity index (χ3v) is 11.3. The molecule has 0 spiro atoms. The van der Waals surface area contributed by atoms with Crippen LogP contribution in [0, 0.1) is 11.6 Å². The van der Waals surface area contributed by atoms with Crippen molar-refractivity contribution >= 4 is 43.5 Å². The largest absolute Gasteiger partial charge is 0.461 e. The van der Waals surface area contributed by atoms with Crippen molar-refractivity contribution in [1.82, 2.24) is 30.2 Å². The maximum Gasteiger partial charge on any atom is 0.319 e. The van der Waals surface area contributed by atoms with Crippen LogP contribution in [0.5, 0.6) is 6.01 Å². The van der Waals surface area contributed by atoms with Crippen LogP contribution in [0.2, 0.25) is 0 Å². The molecule has 1 aromatic carbocycles. The van der Waals surface area contributed by atoms with E-state index in [0.29, 0.717) is 48.8 Å². The van der Waals surface area contributed by atoms with Gasteiger partial charge in [0.05, 0.1) is 34.7 Å². The predicted molar refractivity (Wildman–Crippen MR) is 165 cm³/mol. The van der Waals surface area contributed by atoms with Gasteiger partial charge in [-0.3, -0.25) is 4.90 Å². The van der Waals surface area contributed by atoms with Crippen LogP contribution in [-0.4, -0.2) is 94.6 Å². The van der Waals surface area contributed by atoms with Crippen molar-refractivity contribution in [2.45, 2.75) is 61.8 Å². The van der Waals surface area contributed by atoms with E-state index in [9.17, 15) is 8.78 Å². The molecule has 14 heteroatoms. The molecule has 45 heavy (non-hydrogen) atoms. The van der Waals surface area contributed by atoms with Crippen molar-refractivity contribution in [3.63, 3.8) is 0 Å². The second-order valence-electron chi connectivity index (χ2n) is 13.1. The lowest BCUT2D eigenvalue weighted by Gasteiger charge is -2.37. The van der Waals surface area contributed by atoms with Gasteiger partial charge in [0.25, 0.3) is 0 Å². The van der Waals surface area contributed by atoms with Gasteiger partial charge >= 0.3 is 6.01 Å². The van der Waals surface area contributed by atoms with Gasteiger partial charge in [0.15, 0.2) is 16.8 Å². The van der Waals surface area contributed by atoms with Gasteiger partial charge in [-0.1, -0.05) is 11.3 Å². The molecular weight excluding hydrogens is 605 g/mol. The number of thiazole rings is 1. The number of ether oxygens (including phenoxy) is 2. The van der Waals surface area contributed by atoms with E-state index in [1.165, 1.54) is 12.1 Å². The van der Waals surface area contributed by atoms with Gasteiger partial charge in [0.2, 0.25) is 0 Å². The number of hydrogen-bond acceptors (Lipinski definition) is 11. The minimum atomic E-state index is -0.899. The number of nitrogens with two attached hydrogens (primary N) is 1. The molecule has 5 aliphatic rings. The van der Waals surface area contributed by atoms with Gasteiger partial charge in [0, 0.05) is 55.2 Å². The molecule has 2 bridgehead atoms. The second kappa shape index (κ2) is 10.3. The number of hydrogen-bond donors (Lipinski definition) is 2. The third kappa shape index (κ3) is 4.32. The first-order chi connectivity index (χ1) is 21.9. The maximum atomic E-state index is 17.2. The van der Waals surface area contributed by atoms with E-state index in [1.54, 1.807) is 0 Å². The minimum Gasteiger partial charge on any atom is -0.461 e. The first kappa shape index (κ1) is 27.9. The van der Waals surface area contributed by atoms with Crippen LogP contribution in [0.15, 0.2) is 12.1 Å². The summed E-state index contributed by atoms with van der Waals surface area (Å²) >= 11 is 1.02. The summed E-state index contributed by atoms with van der Waals surface area (Å²) in [6, 6.07) is 3.24. The quantitative estimate of drug-likeness (QED) is 0.319. The Bertz CT molecular complexity index is 1820. The average Bonchev–Trinajstić information content (AvgIpc) is 3.71. The van der Waals surface area contributed by atoms with Crippen LogP contribution in [0.25, 0.3) is 32.4 Å². The Morgan fingerprint density at radius 2 is 1.89 bits per heavy atom. The molecule has 4 atom stereocenters. The highest BCUT2D eigenvalue weighted by Gasteiger charge is 2.49. The zero-order valence-corrected chi connectivity index (χ0v) is 25.4. The molecule has 0 amide bonds. The first-order valence-corrected chi connectivity index (χ1v) is 16.5. The number of halogens is 3. The van der Waals surface area contributed by atoms with E-state index in [-0.39, 0.29) is 57.0 Å². The monoisotopic (exact) mass is 638 g/mol. The number of nitrogens with one attached hydrogen (secondary N) is 1. The molecule has 0 saturated carbocycles.